The average Bonchev–Trinajstić information content (AvgIpc) is 1.91. The molecule has 0 heterocycles. The summed E-state index contributed by atoms with van der Waals surface area (Å²) in [6.07, 6.45) is 6.25. The molecule has 0 atom stereocenters. The minimum atomic E-state index is 0.253. The van der Waals surface area contributed by atoms with Crippen molar-refractivity contribution in [3.05, 3.63) is 0 Å². The minimum absolute atomic E-state index is 0.253. The summed E-state index contributed by atoms with van der Waals surface area (Å²) in [7, 11) is 0. The second-order valence-electron chi connectivity index (χ2n) is 2.45. The standard InChI is InChI=1S/C6H13NO2/c7-9-8-6-4-2-1-3-5-6/h6H,1-5,7H2. The zero-order chi connectivity index (χ0) is 6.53. The Labute approximate surface area is 55.0 Å². The Balaban J connectivity index is 2.08. The van der Waals surface area contributed by atoms with Crippen molar-refractivity contribution in [1.82, 2.24) is 0 Å². The Morgan fingerprint density at radius 3 is 2.33 bits per heavy atom. The summed E-state index contributed by atoms with van der Waals surface area (Å²) >= 11 is 0. The molecule has 9 heavy (non-hydrogen) atoms. The molecule has 3 nitrogen and oxygen atoms in total. The predicted octanol–water partition coefficient (Wildman–Crippen LogP) is 1.14. The largest absolute Gasteiger partial charge is 0.215 e. The molecule has 1 aliphatic rings. The molecule has 0 aromatic heterocycles. The van der Waals surface area contributed by atoms with E-state index in [0.717, 1.165) is 12.8 Å². The van der Waals surface area contributed by atoms with E-state index in [4.69, 9.17) is 10.8 Å². The molecule has 3 heteroatoms. The number of rotatable bonds is 2. The third kappa shape index (κ3) is 2.30. The summed E-state index contributed by atoms with van der Waals surface area (Å²) in [5.41, 5.74) is 0. The van der Waals surface area contributed by atoms with Gasteiger partial charge in [-0.2, -0.15) is 5.90 Å². The average molecular weight is 131 g/mol. The van der Waals surface area contributed by atoms with Gasteiger partial charge in [0.2, 0.25) is 0 Å². The first-order chi connectivity index (χ1) is 4.43. The van der Waals surface area contributed by atoms with Gasteiger partial charge in [-0.3, -0.25) is 0 Å². The van der Waals surface area contributed by atoms with Gasteiger partial charge in [-0.1, -0.05) is 19.3 Å². The highest BCUT2D eigenvalue weighted by Gasteiger charge is 2.13. The minimum Gasteiger partial charge on any atom is -0.215 e. The summed E-state index contributed by atoms with van der Waals surface area (Å²) in [5.74, 6) is 4.74. The Kier molecular flexibility index (Phi) is 2.97. The van der Waals surface area contributed by atoms with E-state index in [9.17, 15) is 0 Å². The summed E-state index contributed by atoms with van der Waals surface area (Å²) < 4.78 is 0. The lowest BCUT2D eigenvalue weighted by molar-refractivity contribution is -0.333. The van der Waals surface area contributed by atoms with Crippen molar-refractivity contribution in [3.63, 3.8) is 0 Å². The van der Waals surface area contributed by atoms with Crippen LogP contribution >= 0.6 is 0 Å². The van der Waals surface area contributed by atoms with Crippen LogP contribution in [0.5, 0.6) is 0 Å². The van der Waals surface area contributed by atoms with Crippen LogP contribution in [0.3, 0.4) is 0 Å². The Morgan fingerprint density at radius 2 is 1.78 bits per heavy atom. The molecule has 2 N–H and O–H groups in total. The van der Waals surface area contributed by atoms with Crippen LogP contribution in [0.4, 0.5) is 0 Å². The Hall–Kier alpha value is -0.120. The Morgan fingerprint density at radius 1 is 1.11 bits per heavy atom. The smallest absolute Gasteiger partial charge is 0.0949 e. The third-order valence-electron chi connectivity index (χ3n) is 1.74. The second-order valence-corrected chi connectivity index (χ2v) is 2.45. The molecule has 0 saturated heterocycles. The van der Waals surface area contributed by atoms with E-state index in [-0.39, 0.29) is 6.10 Å². The van der Waals surface area contributed by atoms with Crippen LogP contribution in [-0.4, -0.2) is 6.10 Å². The van der Waals surface area contributed by atoms with Gasteiger partial charge in [0.05, 0.1) is 6.10 Å². The zero-order valence-corrected chi connectivity index (χ0v) is 5.51. The first-order valence-electron chi connectivity index (χ1n) is 3.45. The van der Waals surface area contributed by atoms with Crippen LogP contribution in [0.25, 0.3) is 0 Å². The molecule has 0 aromatic rings. The molecule has 1 saturated carbocycles. The zero-order valence-electron chi connectivity index (χ0n) is 5.51. The normalized spacial score (nSPS) is 22.3. The topological polar surface area (TPSA) is 44.5 Å². The van der Waals surface area contributed by atoms with Gasteiger partial charge >= 0.3 is 0 Å². The van der Waals surface area contributed by atoms with Crippen LogP contribution < -0.4 is 5.90 Å². The molecule has 0 unspecified atom stereocenters. The van der Waals surface area contributed by atoms with Crippen molar-refractivity contribution >= 4 is 0 Å². The fourth-order valence-electron chi connectivity index (χ4n) is 1.24. The molecular weight excluding hydrogens is 118 g/mol. The van der Waals surface area contributed by atoms with E-state index >= 15 is 0 Å². The maximum atomic E-state index is 4.76. The van der Waals surface area contributed by atoms with Crippen molar-refractivity contribution in [3.8, 4) is 0 Å². The van der Waals surface area contributed by atoms with E-state index < -0.39 is 0 Å². The van der Waals surface area contributed by atoms with E-state index in [1.807, 2.05) is 0 Å². The first kappa shape index (κ1) is 6.99. The lowest BCUT2D eigenvalue weighted by Crippen LogP contribution is -2.18. The van der Waals surface area contributed by atoms with Gasteiger partial charge in [0.1, 0.15) is 0 Å². The van der Waals surface area contributed by atoms with Gasteiger partial charge in [-0.25, -0.2) is 4.89 Å². The van der Waals surface area contributed by atoms with E-state index in [2.05, 4.69) is 4.99 Å². The number of hydrogen-bond donors (Lipinski definition) is 1. The Bertz CT molecular complexity index is 68.7. The molecule has 0 amide bonds. The van der Waals surface area contributed by atoms with Crippen LogP contribution in [0, 0.1) is 0 Å². The SMILES string of the molecule is NOOC1CCCCC1. The van der Waals surface area contributed by atoms with Crippen molar-refractivity contribution in [2.24, 2.45) is 5.90 Å². The van der Waals surface area contributed by atoms with Gasteiger partial charge in [0, 0.05) is 0 Å². The van der Waals surface area contributed by atoms with E-state index in [1.165, 1.54) is 19.3 Å². The van der Waals surface area contributed by atoms with E-state index in [0.29, 0.717) is 0 Å². The lowest BCUT2D eigenvalue weighted by atomic mass is 9.98. The molecule has 0 spiro atoms. The fraction of sp³-hybridized carbons (Fsp3) is 1.00. The molecule has 1 fully saturated rings. The molecule has 0 aliphatic heterocycles. The highest BCUT2D eigenvalue weighted by atomic mass is 17.3. The van der Waals surface area contributed by atoms with Crippen molar-refractivity contribution in [2.45, 2.75) is 38.2 Å². The van der Waals surface area contributed by atoms with Crippen molar-refractivity contribution in [2.75, 3.05) is 0 Å². The van der Waals surface area contributed by atoms with Crippen LogP contribution in [-0.2, 0) is 9.88 Å². The van der Waals surface area contributed by atoms with Crippen LogP contribution in [0.15, 0.2) is 0 Å². The fourth-order valence-corrected chi connectivity index (χ4v) is 1.24. The van der Waals surface area contributed by atoms with Gasteiger partial charge in [0.15, 0.2) is 0 Å². The highest BCUT2D eigenvalue weighted by molar-refractivity contribution is 4.63. The molecular formula is C6H13NO2. The molecule has 0 radical (unpaired) electrons. The van der Waals surface area contributed by atoms with E-state index in [1.54, 1.807) is 0 Å². The van der Waals surface area contributed by atoms with Crippen LogP contribution in [0.1, 0.15) is 32.1 Å². The maximum Gasteiger partial charge on any atom is 0.0949 e. The van der Waals surface area contributed by atoms with Crippen LogP contribution in [0.2, 0.25) is 0 Å². The molecule has 0 aromatic carbocycles. The van der Waals surface area contributed by atoms with Gasteiger partial charge in [-0.15, -0.1) is 4.99 Å². The third-order valence-corrected chi connectivity index (χ3v) is 1.74. The molecule has 0 bridgehead atoms. The highest BCUT2D eigenvalue weighted by Crippen LogP contribution is 2.19. The number of nitrogens with two attached hydrogens (primary N) is 1. The maximum absolute atomic E-state index is 4.76. The first-order valence-corrected chi connectivity index (χ1v) is 3.45. The van der Waals surface area contributed by atoms with Crippen molar-refractivity contribution in [1.29, 1.82) is 0 Å². The second kappa shape index (κ2) is 3.82. The lowest BCUT2D eigenvalue weighted by Gasteiger charge is -2.18. The molecule has 54 valence electrons. The summed E-state index contributed by atoms with van der Waals surface area (Å²) in [6.45, 7) is 0. The molecule has 1 aliphatic carbocycles. The van der Waals surface area contributed by atoms with Gasteiger partial charge in [0.25, 0.3) is 0 Å². The summed E-state index contributed by atoms with van der Waals surface area (Å²) in [4.78, 5) is 8.84. The summed E-state index contributed by atoms with van der Waals surface area (Å²) in [5, 5.41) is 0. The summed E-state index contributed by atoms with van der Waals surface area (Å²) in [6, 6.07) is 0. The van der Waals surface area contributed by atoms with Gasteiger partial charge < -0.3 is 0 Å². The predicted molar refractivity (Wildman–Crippen MR) is 33.2 cm³/mol. The number of hydrogen-bond acceptors (Lipinski definition) is 3. The van der Waals surface area contributed by atoms with Gasteiger partial charge in [-0.05, 0) is 12.8 Å². The monoisotopic (exact) mass is 131 g/mol. The molecule has 1 rings (SSSR count). The quantitative estimate of drug-likeness (QED) is 0.451. The van der Waals surface area contributed by atoms with Crippen molar-refractivity contribution < 1.29 is 9.88 Å².